The van der Waals surface area contributed by atoms with E-state index >= 15 is 0 Å². The number of nitrogens with zero attached hydrogens (tertiary/aromatic N) is 1. The van der Waals surface area contributed by atoms with Crippen molar-refractivity contribution in [3.05, 3.63) is 112 Å². The van der Waals surface area contributed by atoms with Crippen LogP contribution in [0.25, 0.3) is 16.5 Å². The number of hydrogen-bond acceptors (Lipinski definition) is 4. The SMILES string of the molecule is O=C(Nc1cccc(Br)c1)C1=C(O)c2ccc3ccccc3c2S(=O)(=O)N1Cc1ccccc1. The Morgan fingerprint density at radius 3 is 2.41 bits per heavy atom. The second-order valence-corrected chi connectivity index (χ2v) is 10.5. The molecule has 4 aromatic carbocycles. The Morgan fingerprint density at radius 1 is 0.912 bits per heavy atom. The van der Waals surface area contributed by atoms with Gasteiger partial charge in [0, 0.05) is 21.1 Å². The molecule has 0 spiro atoms. The molecule has 4 aromatic rings. The van der Waals surface area contributed by atoms with Crippen LogP contribution in [0.2, 0.25) is 0 Å². The number of carbonyl (C=O) groups excluding carboxylic acids is 1. The molecule has 5 rings (SSSR count). The maximum Gasteiger partial charge on any atom is 0.276 e. The molecule has 0 unspecified atom stereocenters. The van der Waals surface area contributed by atoms with E-state index in [1.165, 1.54) is 6.07 Å². The quantitative estimate of drug-likeness (QED) is 0.353. The summed E-state index contributed by atoms with van der Waals surface area (Å²) in [6.45, 7) is -0.114. The van der Waals surface area contributed by atoms with E-state index in [0.717, 1.165) is 14.2 Å². The van der Waals surface area contributed by atoms with Crippen LogP contribution in [0.3, 0.4) is 0 Å². The molecule has 0 saturated carbocycles. The van der Waals surface area contributed by atoms with Crippen molar-refractivity contribution < 1.29 is 18.3 Å². The van der Waals surface area contributed by atoms with Crippen LogP contribution in [-0.4, -0.2) is 23.7 Å². The Labute approximate surface area is 205 Å². The molecular weight excluding hydrogens is 516 g/mol. The maximum atomic E-state index is 14.0. The summed E-state index contributed by atoms with van der Waals surface area (Å²) in [5, 5.41) is 15.2. The van der Waals surface area contributed by atoms with Gasteiger partial charge in [-0.15, -0.1) is 0 Å². The van der Waals surface area contributed by atoms with Gasteiger partial charge in [0.15, 0.2) is 11.5 Å². The number of carbonyl (C=O) groups is 1. The first kappa shape index (κ1) is 22.2. The zero-order valence-corrected chi connectivity index (χ0v) is 20.2. The molecule has 0 bridgehead atoms. The Hall–Kier alpha value is -3.62. The van der Waals surface area contributed by atoms with Gasteiger partial charge >= 0.3 is 0 Å². The van der Waals surface area contributed by atoms with Gasteiger partial charge in [-0.25, -0.2) is 8.42 Å². The number of hydrogen-bond donors (Lipinski definition) is 2. The molecule has 34 heavy (non-hydrogen) atoms. The Balaban J connectivity index is 1.71. The number of sulfonamides is 1. The van der Waals surface area contributed by atoms with Crippen LogP contribution in [0.1, 0.15) is 11.1 Å². The summed E-state index contributed by atoms with van der Waals surface area (Å²) in [7, 11) is -4.19. The van der Waals surface area contributed by atoms with E-state index in [0.29, 0.717) is 16.6 Å². The predicted octanol–water partition coefficient (Wildman–Crippen LogP) is 5.67. The highest BCUT2D eigenvalue weighted by molar-refractivity contribution is 9.10. The van der Waals surface area contributed by atoms with Crippen molar-refractivity contribution in [3.63, 3.8) is 0 Å². The third-order valence-corrected chi connectivity index (χ3v) is 7.96. The van der Waals surface area contributed by atoms with Crippen molar-refractivity contribution in [2.45, 2.75) is 11.4 Å². The van der Waals surface area contributed by atoms with Crippen molar-refractivity contribution in [3.8, 4) is 0 Å². The minimum absolute atomic E-state index is 0.0157. The van der Waals surface area contributed by atoms with Crippen LogP contribution >= 0.6 is 15.9 Å². The summed E-state index contributed by atoms with van der Waals surface area (Å²) >= 11 is 3.36. The van der Waals surface area contributed by atoms with Gasteiger partial charge in [-0.1, -0.05) is 82.7 Å². The van der Waals surface area contributed by atoms with Crippen LogP contribution in [0, 0.1) is 0 Å². The zero-order valence-electron chi connectivity index (χ0n) is 17.8. The van der Waals surface area contributed by atoms with E-state index in [9.17, 15) is 18.3 Å². The minimum atomic E-state index is -4.19. The standard InChI is InChI=1S/C26H19BrN2O4S/c27-19-10-6-11-20(15-19)28-26(31)23-24(30)22-14-13-18-9-4-5-12-21(18)25(22)34(32,33)29(23)16-17-7-2-1-3-8-17/h1-15,30H,16H2,(H,28,31). The summed E-state index contributed by atoms with van der Waals surface area (Å²) in [5.74, 6) is -1.12. The number of benzene rings is 4. The molecular formula is C26H19BrN2O4S. The number of aliphatic hydroxyl groups is 1. The molecule has 170 valence electrons. The summed E-state index contributed by atoms with van der Waals surface area (Å²) in [6.07, 6.45) is 0. The lowest BCUT2D eigenvalue weighted by atomic mass is 10.0. The fraction of sp³-hybridized carbons (Fsp3) is 0.0385. The van der Waals surface area contributed by atoms with E-state index < -0.39 is 15.9 Å². The molecule has 2 N–H and O–H groups in total. The van der Waals surface area contributed by atoms with Gasteiger partial charge in [0.05, 0.1) is 6.54 Å². The number of halogens is 1. The van der Waals surface area contributed by atoms with Crippen molar-refractivity contribution >= 4 is 54.1 Å². The van der Waals surface area contributed by atoms with Gasteiger partial charge < -0.3 is 10.4 Å². The van der Waals surface area contributed by atoms with Gasteiger partial charge in [-0.05, 0) is 35.2 Å². The normalized spacial score (nSPS) is 14.7. The summed E-state index contributed by atoms with van der Waals surface area (Å²) in [4.78, 5) is 13.4. The highest BCUT2D eigenvalue weighted by Crippen LogP contribution is 2.40. The second kappa shape index (κ2) is 8.62. The summed E-state index contributed by atoms with van der Waals surface area (Å²) < 4.78 is 29.7. The first-order chi connectivity index (χ1) is 16.4. The van der Waals surface area contributed by atoms with E-state index in [1.54, 1.807) is 66.7 Å². The van der Waals surface area contributed by atoms with E-state index in [4.69, 9.17) is 0 Å². The van der Waals surface area contributed by atoms with Gasteiger partial charge in [0.1, 0.15) is 4.90 Å². The fourth-order valence-corrected chi connectivity index (χ4v) is 6.33. The first-order valence-electron chi connectivity index (χ1n) is 10.5. The van der Waals surface area contributed by atoms with Gasteiger partial charge in [0.25, 0.3) is 15.9 Å². The number of rotatable bonds is 4. The molecule has 0 atom stereocenters. The minimum Gasteiger partial charge on any atom is -0.505 e. The molecule has 8 heteroatoms. The lowest BCUT2D eigenvalue weighted by Gasteiger charge is -2.32. The van der Waals surface area contributed by atoms with Crippen molar-refractivity contribution in [1.29, 1.82) is 0 Å². The average molecular weight is 535 g/mol. The first-order valence-corrected chi connectivity index (χ1v) is 12.7. The Bertz CT molecular complexity index is 1570. The van der Waals surface area contributed by atoms with Crippen molar-refractivity contribution in [2.75, 3.05) is 5.32 Å². The number of nitrogens with one attached hydrogen (secondary N) is 1. The number of aliphatic hydroxyl groups excluding tert-OH is 1. The Kier molecular flexibility index (Phi) is 5.63. The molecule has 1 heterocycles. The number of anilines is 1. The molecule has 1 aliphatic heterocycles. The molecule has 0 saturated heterocycles. The fourth-order valence-electron chi connectivity index (χ4n) is 4.07. The van der Waals surface area contributed by atoms with E-state index in [1.807, 2.05) is 18.2 Å². The highest BCUT2D eigenvalue weighted by Gasteiger charge is 2.41. The van der Waals surface area contributed by atoms with Crippen molar-refractivity contribution in [2.24, 2.45) is 0 Å². The molecule has 6 nitrogen and oxygen atoms in total. The lowest BCUT2D eigenvalue weighted by molar-refractivity contribution is -0.113. The largest absolute Gasteiger partial charge is 0.505 e. The van der Waals surface area contributed by atoms with Crippen LogP contribution < -0.4 is 5.32 Å². The van der Waals surface area contributed by atoms with Crippen LogP contribution in [0.5, 0.6) is 0 Å². The predicted molar refractivity (Wildman–Crippen MR) is 135 cm³/mol. The van der Waals surface area contributed by atoms with E-state index in [2.05, 4.69) is 21.2 Å². The second-order valence-electron chi connectivity index (χ2n) is 7.82. The zero-order chi connectivity index (χ0) is 23.9. The van der Waals surface area contributed by atoms with Crippen molar-refractivity contribution in [1.82, 2.24) is 4.31 Å². The van der Waals surface area contributed by atoms with Gasteiger partial charge in [-0.3, -0.25) is 9.10 Å². The number of fused-ring (bicyclic) bond motifs is 3. The molecule has 0 fully saturated rings. The highest BCUT2D eigenvalue weighted by atomic mass is 79.9. The molecule has 0 aromatic heterocycles. The van der Waals surface area contributed by atoms with Crippen LogP contribution in [0.15, 0.2) is 106 Å². The lowest BCUT2D eigenvalue weighted by Crippen LogP contribution is -2.39. The third kappa shape index (κ3) is 3.85. The Morgan fingerprint density at radius 2 is 1.65 bits per heavy atom. The number of amides is 1. The smallest absolute Gasteiger partial charge is 0.276 e. The third-order valence-electron chi connectivity index (χ3n) is 5.62. The summed E-state index contributed by atoms with van der Waals surface area (Å²) in [6, 6.07) is 26.2. The van der Waals surface area contributed by atoms with E-state index in [-0.39, 0.29) is 28.5 Å². The molecule has 1 amide bonds. The topological polar surface area (TPSA) is 86.7 Å². The van der Waals surface area contributed by atoms with Crippen LogP contribution in [0.4, 0.5) is 5.69 Å². The average Bonchev–Trinajstić information content (AvgIpc) is 2.82. The van der Waals surface area contributed by atoms with Crippen LogP contribution in [-0.2, 0) is 21.4 Å². The van der Waals surface area contributed by atoms with Gasteiger partial charge in [0.2, 0.25) is 0 Å². The van der Waals surface area contributed by atoms with Gasteiger partial charge in [-0.2, -0.15) is 0 Å². The molecule has 0 aliphatic carbocycles. The maximum absolute atomic E-state index is 14.0. The molecule has 0 radical (unpaired) electrons. The monoisotopic (exact) mass is 534 g/mol. The summed E-state index contributed by atoms with van der Waals surface area (Å²) in [5.41, 5.74) is 0.908. The molecule has 1 aliphatic rings.